The fourth-order valence-electron chi connectivity index (χ4n) is 2.14. The highest BCUT2D eigenvalue weighted by Gasteiger charge is 2.24. The Bertz CT molecular complexity index is 774. The van der Waals surface area contributed by atoms with Crippen LogP contribution in [0.1, 0.15) is 37.0 Å². The van der Waals surface area contributed by atoms with Gasteiger partial charge in [-0.15, -0.1) is 0 Å². The number of sulfone groups is 1. The molecule has 0 heterocycles. The average Bonchev–Trinajstić information content (AvgIpc) is 2.51. The van der Waals surface area contributed by atoms with Crippen LogP contribution in [0.3, 0.4) is 0 Å². The normalized spacial score (nSPS) is 12.3. The quantitative estimate of drug-likeness (QED) is 0.415. The number of amides is 1. The van der Waals surface area contributed by atoms with Crippen molar-refractivity contribution in [3.8, 4) is 0 Å². The molecule has 10 heteroatoms. The summed E-state index contributed by atoms with van der Waals surface area (Å²) in [5.41, 5.74) is -0.938. The van der Waals surface area contributed by atoms with Crippen molar-refractivity contribution in [2.75, 3.05) is 12.9 Å². The summed E-state index contributed by atoms with van der Waals surface area (Å²) in [5, 5.41) is 13.7. The summed E-state index contributed by atoms with van der Waals surface area (Å²) in [6.07, 6.45) is 2.49. The van der Waals surface area contributed by atoms with Gasteiger partial charge in [0.1, 0.15) is 4.90 Å². The minimum Gasteiger partial charge on any atom is -0.452 e. The van der Waals surface area contributed by atoms with Gasteiger partial charge in [0.05, 0.1) is 10.5 Å². The molecule has 0 spiro atoms. The lowest BCUT2D eigenvalue weighted by molar-refractivity contribution is -0.387. The van der Waals surface area contributed by atoms with E-state index in [1.807, 2.05) is 13.8 Å². The molecule has 0 saturated heterocycles. The van der Waals surface area contributed by atoms with Crippen LogP contribution in [0.5, 0.6) is 0 Å². The molecule has 0 saturated carbocycles. The van der Waals surface area contributed by atoms with Gasteiger partial charge in [-0.3, -0.25) is 14.9 Å². The third-order valence-electron chi connectivity index (χ3n) is 3.25. The van der Waals surface area contributed by atoms with Crippen LogP contribution in [0.4, 0.5) is 5.69 Å². The molecule has 1 aromatic carbocycles. The monoisotopic (exact) mass is 372 g/mol. The fraction of sp³-hybridized carbons (Fsp3) is 0.467. The van der Waals surface area contributed by atoms with E-state index in [2.05, 4.69) is 5.32 Å². The third-order valence-corrected chi connectivity index (χ3v) is 4.40. The zero-order chi connectivity index (χ0) is 19.2. The molecule has 1 aromatic rings. The number of ether oxygens (including phenoxy) is 1. The van der Waals surface area contributed by atoms with Crippen LogP contribution >= 0.6 is 0 Å². The minimum absolute atomic E-state index is 0.0636. The Morgan fingerprint density at radius 3 is 2.52 bits per heavy atom. The topological polar surface area (TPSA) is 133 Å². The number of hydrogen-bond donors (Lipinski definition) is 1. The van der Waals surface area contributed by atoms with Gasteiger partial charge in [0.2, 0.25) is 0 Å². The van der Waals surface area contributed by atoms with Gasteiger partial charge in [-0.05, 0) is 25.5 Å². The molecular formula is C15H20N2O7S. The molecule has 9 nitrogen and oxygen atoms in total. The first-order valence-electron chi connectivity index (χ1n) is 7.51. The first kappa shape index (κ1) is 20.6. The minimum atomic E-state index is -3.82. The largest absolute Gasteiger partial charge is 0.452 e. The molecule has 0 aliphatic heterocycles. The number of nitrogens with one attached hydrogen (secondary N) is 1. The second kappa shape index (κ2) is 8.56. The molecule has 0 aromatic heterocycles. The molecule has 0 bridgehead atoms. The number of nitro benzene ring substituents is 1. The van der Waals surface area contributed by atoms with Crippen molar-refractivity contribution < 1.29 is 27.7 Å². The lowest BCUT2D eigenvalue weighted by Gasteiger charge is -2.12. The fourth-order valence-corrected chi connectivity index (χ4v) is 2.97. The summed E-state index contributed by atoms with van der Waals surface area (Å²) >= 11 is 0. The van der Waals surface area contributed by atoms with Crippen LogP contribution in [0.25, 0.3) is 0 Å². The van der Waals surface area contributed by atoms with Crippen molar-refractivity contribution in [3.05, 3.63) is 33.9 Å². The summed E-state index contributed by atoms with van der Waals surface area (Å²) in [6, 6.07) is 2.82. The molecular weight excluding hydrogens is 352 g/mol. The summed E-state index contributed by atoms with van der Waals surface area (Å²) in [5.74, 6) is -1.45. The number of benzene rings is 1. The van der Waals surface area contributed by atoms with E-state index in [0.717, 1.165) is 37.3 Å². The highest BCUT2D eigenvalue weighted by Crippen LogP contribution is 2.25. The van der Waals surface area contributed by atoms with Crippen LogP contribution in [-0.4, -0.2) is 44.1 Å². The van der Waals surface area contributed by atoms with E-state index in [9.17, 15) is 28.1 Å². The standard InChI is InChI=1S/C15H20N2O7S/c1-4-5-10(2)16-14(18)9-24-15(19)11-6-7-13(25(3,22)23)12(8-11)17(20)21/h6-8,10H,4-5,9H2,1-3H3,(H,16,18)/t10-/m1/s1. The van der Waals surface area contributed by atoms with Crippen LogP contribution in [0.15, 0.2) is 23.1 Å². The Morgan fingerprint density at radius 2 is 2.00 bits per heavy atom. The van der Waals surface area contributed by atoms with Gasteiger partial charge in [0, 0.05) is 18.4 Å². The molecule has 0 unspecified atom stereocenters. The lowest BCUT2D eigenvalue weighted by atomic mass is 10.2. The maximum Gasteiger partial charge on any atom is 0.338 e. The van der Waals surface area contributed by atoms with E-state index < -0.39 is 43.8 Å². The van der Waals surface area contributed by atoms with Crippen LogP contribution in [-0.2, 0) is 19.4 Å². The molecule has 0 fully saturated rings. The molecule has 1 amide bonds. The number of nitro groups is 1. The highest BCUT2D eigenvalue weighted by atomic mass is 32.2. The third kappa shape index (κ3) is 6.14. The Morgan fingerprint density at radius 1 is 1.36 bits per heavy atom. The van der Waals surface area contributed by atoms with Crippen molar-refractivity contribution >= 4 is 27.4 Å². The Balaban J connectivity index is 2.84. The van der Waals surface area contributed by atoms with E-state index in [4.69, 9.17) is 4.74 Å². The number of carbonyl (C=O) groups is 2. The van der Waals surface area contributed by atoms with Crippen molar-refractivity contribution in [2.45, 2.75) is 37.6 Å². The molecule has 25 heavy (non-hydrogen) atoms. The number of nitrogens with zero attached hydrogens (tertiary/aromatic N) is 1. The summed E-state index contributed by atoms with van der Waals surface area (Å²) in [7, 11) is -3.82. The maximum atomic E-state index is 11.9. The van der Waals surface area contributed by atoms with E-state index in [-0.39, 0.29) is 11.6 Å². The average molecular weight is 372 g/mol. The predicted molar refractivity (Wildman–Crippen MR) is 89.0 cm³/mol. The summed E-state index contributed by atoms with van der Waals surface area (Å²) in [6.45, 7) is 3.25. The van der Waals surface area contributed by atoms with Crippen LogP contribution in [0.2, 0.25) is 0 Å². The SMILES string of the molecule is CCC[C@@H](C)NC(=O)COC(=O)c1ccc(S(C)(=O)=O)c([N+](=O)[O-])c1. The van der Waals surface area contributed by atoms with Gasteiger partial charge in [-0.1, -0.05) is 13.3 Å². The van der Waals surface area contributed by atoms with Crippen molar-refractivity contribution in [1.29, 1.82) is 0 Å². The molecule has 138 valence electrons. The molecule has 1 rings (SSSR count). The molecule has 0 radical (unpaired) electrons. The van der Waals surface area contributed by atoms with Gasteiger partial charge in [0.15, 0.2) is 16.4 Å². The number of carbonyl (C=O) groups excluding carboxylic acids is 2. The van der Waals surface area contributed by atoms with E-state index in [1.54, 1.807) is 0 Å². The van der Waals surface area contributed by atoms with Crippen molar-refractivity contribution in [1.82, 2.24) is 5.32 Å². The number of rotatable bonds is 8. The Labute approximate surface area is 145 Å². The number of hydrogen-bond acceptors (Lipinski definition) is 7. The maximum absolute atomic E-state index is 11.9. The van der Waals surface area contributed by atoms with E-state index >= 15 is 0 Å². The van der Waals surface area contributed by atoms with Gasteiger partial charge in [0.25, 0.3) is 11.6 Å². The van der Waals surface area contributed by atoms with E-state index in [1.165, 1.54) is 0 Å². The van der Waals surface area contributed by atoms with Crippen LogP contribution in [0, 0.1) is 10.1 Å². The molecule has 1 N–H and O–H groups in total. The van der Waals surface area contributed by atoms with Crippen LogP contribution < -0.4 is 5.32 Å². The van der Waals surface area contributed by atoms with E-state index in [0.29, 0.717) is 0 Å². The first-order chi connectivity index (χ1) is 11.6. The van der Waals surface area contributed by atoms with Gasteiger partial charge < -0.3 is 10.1 Å². The van der Waals surface area contributed by atoms with Crippen molar-refractivity contribution in [2.24, 2.45) is 0 Å². The van der Waals surface area contributed by atoms with Gasteiger partial charge in [-0.2, -0.15) is 0 Å². The molecule has 0 aliphatic rings. The molecule has 0 aliphatic carbocycles. The first-order valence-corrected chi connectivity index (χ1v) is 9.40. The van der Waals surface area contributed by atoms with Crippen molar-refractivity contribution in [3.63, 3.8) is 0 Å². The predicted octanol–water partition coefficient (Wildman–Crippen LogP) is 1.46. The summed E-state index contributed by atoms with van der Waals surface area (Å²) < 4.78 is 27.9. The van der Waals surface area contributed by atoms with Gasteiger partial charge in [-0.25, -0.2) is 13.2 Å². The highest BCUT2D eigenvalue weighted by molar-refractivity contribution is 7.90. The Kier molecular flexibility index (Phi) is 7.04. The smallest absolute Gasteiger partial charge is 0.338 e. The number of esters is 1. The second-order valence-corrected chi connectivity index (χ2v) is 7.53. The lowest BCUT2D eigenvalue weighted by Crippen LogP contribution is -2.35. The summed E-state index contributed by atoms with van der Waals surface area (Å²) in [4.78, 5) is 33.2. The Hall–Kier alpha value is -2.49. The zero-order valence-corrected chi connectivity index (χ0v) is 15.0. The second-order valence-electron chi connectivity index (χ2n) is 5.55. The zero-order valence-electron chi connectivity index (χ0n) is 14.1. The molecule has 1 atom stereocenters. The van der Waals surface area contributed by atoms with Gasteiger partial charge >= 0.3 is 5.97 Å².